The number of hydrogen-bond donors (Lipinski definition) is 2. The Labute approximate surface area is 129 Å². The summed E-state index contributed by atoms with van der Waals surface area (Å²) in [4.78, 5) is 11.6. The topological polar surface area (TPSA) is 110 Å². The number of amides is 1. The van der Waals surface area contributed by atoms with Gasteiger partial charge in [-0.05, 0) is 39.3 Å². The van der Waals surface area contributed by atoms with Crippen LogP contribution in [0.3, 0.4) is 0 Å². The summed E-state index contributed by atoms with van der Waals surface area (Å²) in [7, 11) is -2.94. The molecule has 1 unspecified atom stereocenters. The highest BCUT2D eigenvalue weighted by atomic mass is 32.2. The lowest BCUT2D eigenvalue weighted by Crippen LogP contribution is -2.27. The Balaban J connectivity index is 1.89. The normalized spacial score (nSPS) is 20.4. The molecular formula is C13H20N4O4S. The highest BCUT2D eigenvalue weighted by Crippen LogP contribution is 2.16. The molecule has 1 amide bonds. The summed E-state index contributed by atoms with van der Waals surface area (Å²) in [5.41, 5.74) is -0.590. The van der Waals surface area contributed by atoms with Gasteiger partial charge in [-0.2, -0.15) is 0 Å². The summed E-state index contributed by atoms with van der Waals surface area (Å²) in [6.45, 7) is 5.29. The average Bonchev–Trinajstić information content (AvgIpc) is 2.69. The minimum absolute atomic E-state index is 0.104. The second-order valence-corrected chi connectivity index (χ2v) is 8.40. The quantitative estimate of drug-likeness (QED) is 0.863. The Bertz CT molecular complexity index is 637. The highest BCUT2D eigenvalue weighted by Gasteiger charge is 2.28. The van der Waals surface area contributed by atoms with Crippen LogP contribution >= 0.6 is 0 Å². The van der Waals surface area contributed by atoms with Crippen molar-refractivity contribution >= 4 is 27.6 Å². The van der Waals surface area contributed by atoms with Crippen LogP contribution in [0, 0.1) is 0 Å². The van der Waals surface area contributed by atoms with Crippen LogP contribution in [-0.4, -0.2) is 47.9 Å². The van der Waals surface area contributed by atoms with E-state index in [4.69, 9.17) is 4.74 Å². The van der Waals surface area contributed by atoms with Gasteiger partial charge in [-0.1, -0.05) is 0 Å². The molecule has 2 rings (SSSR count). The molecule has 2 N–H and O–H groups in total. The maximum atomic E-state index is 11.6. The van der Waals surface area contributed by atoms with Crippen LogP contribution in [0.2, 0.25) is 0 Å². The number of nitrogens with zero attached hydrogens (tertiary/aromatic N) is 2. The standard InChI is InChI=1S/C13H20N4O4S/c1-13(2,3)21-12(18)15-11-5-4-10(16-17-11)14-9-6-7-22(19,20)8-9/h4-5,9H,6-8H2,1-3H3,(H,14,16)(H,15,17,18). The fourth-order valence-electron chi connectivity index (χ4n) is 2.00. The summed E-state index contributed by atoms with van der Waals surface area (Å²) in [5, 5.41) is 13.3. The molecule has 0 spiro atoms. The van der Waals surface area contributed by atoms with Crippen LogP contribution in [0.1, 0.15) is 27.2 Å². The van der Waals surface area contributed by atoms with Crippen LogP contribution in [0.15, 0.2) is 12.1 Å². The summed E-state index contributed by atoms with van der Waals surface area (Å²) >= 11 is 0. The first-order valence-electron chi connectivity index (χ1n) is 6.94. The van der Waals surface area contributed by atoms with Crippen molar-refractivity contribution in [1.29, 1.82) is 0 Å². The molecular weight excluding hydrogens is 308 g/mol. The first kappa shape index (κ1) is 16.5. The maximum Gasteiger partial charge on any atom is 0.413 e. The lowest BCUT2D eigenvalue weighted by Gasteiger charge is -2.19. The third-order valence-corrected chi connectivity index (χ3v) is 4.65. The number of anilines is 2. The minimum atomic E-state index is -2.94. The molecule has 0 aliphatic carbocycles. The number of rotatable bonds is 3. The highest BCUT2D eigenvalue weighted by molar-refractivity contribution is 7.91. The van der Waals surface area contributed by atoms with Crippen molar-refractivity contribution in [3.63, 3.8) is 0 Å². The molecule has 1 aliphatic rings. The van der Waals surface area contributed by atoms with Crippen LogP contribution in [0.5, 0.6) is 0 Å². The van der Waals surface area contributed by atoms with Gasteiger partial charge in [-0.25, -0.2) is 13.2 Å². The number of sulfone groups is 1. The number of ether oxygens (including phenoxy) is 1. The zero-order chi connectivity index (χ0) is 16.4. The van der Waals surface area contributed by atoms with Crippen LogP contribution in [0.25, 0.3) is 0 Å². The molecule has 1 atom stereocenters. The molecule has 0 radical (unpaired) electrons. The van der Waals surface area contributed by atoms with Crippen LogP contribution in [-0.2, 0) is 14.6 Å². The zero-order valence-corrected chi connectivity index (χ0v) is 13.6. The summed E-state index contributed by atoms with van der Waals surface area (Å²) < 4.78 is 27.9. The predicted octanol–water partition coefficient (Wildman–Crippen LogP) is 1.42. The molecule has 22 heavy (non-hydrogen) atoms. The van der Waals surface area contributed by atoms with E-state index in [0.717, 1.165) is 0 Å². The van der Waals surface area contributed by atoms with E-state index in [1.54, 1.807) is 32.9 Å². The lowest BCUT2D eigenvalue weighted by molar-refractivity contribution is 0.0635. The van der Waals surface area contributed by atoms with Crippen molar-refractivity contribution in [1.82, 2.24) is 10.2 Å². The lowest BCUT2D eigenvalue weighted by atomic mass is 10.2. The van der Waals surface area contributed by atoms with Crippen molar-refractivity contribution in [2.45, 2.75) is 38.8 Å². The number of aromatic nitrogens is 2. The molecule has 8 nitrogen and oxygen atoms in total. The molecule has 1 fully saturated rings. The van der Waals surface area contributed by atoms with Gasteiger partial charge in [0.05, 0.1) is 11.5 Å². The first-order valence-corrected chi connectivity index (χ1v) is 8.76. The van der Waals surface area contributed by atoms with Crippen LogP contribution in [0.4, 0.5) is 16.4 Å². The molecule has 1 aromatic heterocycles. The second-order valence-electron chi connectivity index (χ2n) is 6.18. The van der Waals surface area contributed by atoms with Gasteiger partial charge in [-0.3, -0.25) is 5.32 Å². The van der Waals surface area contributed by atoms with E-state index in [0.29, 0.717) is 12.2 Å². The van der Waals surface area contributed by atoms with Gasteiger partial charge >= 0.3 is 6.09 Å². The van der Waals surface area contributed by atoms with E-state index in [-0.39, 0.29) is 23.4 Å². The molecule has 2 heterocycles. The summed E-state index contributed by atoms with van der Waals surface area (Å²) in [6, 6.07) is 3.05. The van der Waals surface area contributed by atoms with Gasteiger partial charge in [0.15, 0.2) is 15.7 Å². The third kappa shape index (κ3) is 5.14. The maximum absolute atomic E-state index is 11.6. The third-order valence-electron chi connectivity index (χ3n) is 2.88. The van der Waals surface area contributed by atoms with Crippen molar-refractivity contribution in [2.24, 2.45) is 0 Å². The largest absolute Gasteiger partial charge is 0.444 e. The first-order chi connectivity index (χ1) is 10.1. The Hall–Kier alpha value is -1.90. The van der Waals surface area contributed by atoms with Crippen LogP contribution < -0.4 is 10.6 Å². The van der Waals surface area contributed by atoms with Gasteiger partial charge in [0.25, 0.3) is 0 Å². The van der Waals surface area contributed by atoms with E-state index in [2.05, 4.69) is 20.8 Å². The smallest absolute Gasteiger partial charge is 0.413 e. The number of nitrogens with one attached hydrogen (secondary N) is 2. The Morgan fingerprint density at radius 2 is 1.91 bits per heavy atom. The van der Waals surface area contributed by atoms with E-state index in [1.807, 2.05) is 0 Å². The van der Waals surface area contributed by atoms with Gasteiger partial charge in [0.1, 0.15) is 11.4 Å². The second kappa shape index (κ2) is 6.07. The summed E-state index contributed by atoms with van der Waals surface area (Å²) in [6.07, 6.45) is -0.0496. The SMILES string of the molecule is CC(C)(C)OC(=O)Nc1ccc(NC2CCS(=O)(=O)C2)nn1. The van der Waals surface area contributed by atoms with Gasteiger partial charge < -0.3 is 10.1 Å². The van der Waals surface area contributed by atoms with Crippen molar-refractivity contribution in [2.75, 3.05) is 22.1 Å². The number of carbonyl (C=O) groups excluding carboxylic acids is 1. The molecule has 1 aromatic rings. The van der Waals surface area contributed by atoms with E-state index in [9.17, 15) is 13.2 Å². The van der Waals surface area contributed by atoms with Crippen molar-refractivity contribution < 1.29 is 17.9 Å². The fraction of sp³-hybridized carbons (Fsp3) is 0.615. The number of carbonyl (C=O) groups is 1. The van der Waals surface area contributed by atoms with Gasteiger partial charge in [-0.15, -0.1) is 10.2 Å². The summed E-state index contributed by atoms with van der Waals surface area (Å²) in [5.74, 6) is 1.03. The molecule has 9 heteroatoms. The van der Waals surface area contributed by atoms with Gasteiger partial charge in [0, 0.05) is 6.04 Å². The fourth-order valence-corrected chi connectivity index (χ4v) is 3.68. The molecule has 1 saturated heterocycles. The monoisotopic (exact) mass is 328 g/mol. The van der Waals surface area contributed by atoms with Gasteiger partial charge in [0.2, 0.25) is 0 Å². The Morgan fingerprint density at radius 3 is 2.41 bits per heavy atom. The zero-order valence-electron chi connectivity index (χ0n) is 12.8. The molecule has 1 aliphatic heterocycles. The predicted molar refractivity (Wildman–Crippen MR) is 82.6 cm³/mol. The molecule has 0 saturated carbocycles. The van der Waals surface area contributed by atoms with E-state index < -0.39 is 21.5 Å². The Kier molecular flexibility index (Phi) is 4.55. The molecule has 0 aromatic carbocycles. The van der Waals surface area contributed by atoms with Crippen molar-refractivity contribution in [3.05, 3.63) is 12.1 Å². The minimum Gasteiger partial charge on any atom is -0.444 e. The Morgan fingerprint density at radius 1 is 1.27 bits per heavy atom. The van der Waals surface area contributed by atoms with Crippen molar-refractivity contribution in [3.8, 4) is 0 Å². The molecule has 122 valence electrons. The average molecular weight is 328 g/mol. The van der Waals surface area contributed by atoms with E-state index in [1.165, 1.54) is 0 Å². The number of hydrogen-bond acceptors (Lipinski definition) is 7. The van der Waals surface area contributed by atoms with E-state index >= 15 is 0 Å². The molecule has 0 bridgehead atoms.